The van der Waals surface area contributed by atoms with Gasteiger partial charge in [0.15, 0.2) is 11.6 Å². The molecule has 0 bridgehead atoms. The van der Waals surface area contributed by atoms with Crippen LogP contribution in [0.25, 0.3) is 22.0 Å². The summed E-state index contributed by atoms with van der Waals surface area (Å²) in [5.74, 6) is 1.20. The van der Waals surface area contributed by atoms with E-state index in [-0.39, 0.29) is 6.61 Å². The van der Waals surface area contributed by atoms with Crippen LogP contribution in [0.3, 0.4) is 0 Å². The average Bonchev–Trinajstić information content (AvgIpc) is 3.10. The van der Waals surface area contributed by atoms with Crippen molar-refractivity contribution in [1.29, 1.82) is 0 Å². The van der Waals surface area contributed by atoms with Gasteiger partial charge in [-0.25, -0.2) is 4.98 Å². The van der Waals surface area contributed by atoms with Crippen molar-refractivity contribution >= 4 is 28.8 Å². The van der Waals surface area contributed by atoms with Gasteiger partial charge in [-0.1, -0.05) is 17.7 Å². The molecule has 118 valence electrons. The van der Waals surface area contributed by atoms with E-state index in [2.05, 4.69) is 20.5 Å². The fourth-order valence-corrected chi connectivity index (χ4v) is 2.87. The predicted molar refractivity (Wildman–Crippen MR) is 93.8 cm³/mol. The number of aliphatic hydroxyl groups excluding tert-OH is 1. The molecule has 5 nitrogen and oxygen atoms in total. The molecule has 3 aromatic rings. The summed E-state index contributed by atoms with van der Waals surface area (Å²) in [5.41, 5.74) is 1.57. The number of thiophene rings is 1. The molecular formula is C16H15ClN4OS. The van der Waals surface area contributed by atoms with Crippen molar-refractivity contribution in [1.82, 2.24) is 15.2 Å². The third kappa shape index (κ3) is 3.85. The summed E-state index contributed by atoms with van der Waals surface area (Å²) in [4.78, 5) is 5.60. The predicted octanol–water partition coefficient (Wildman–Crippen LogP) is 3.71. The molecule has 0 fully saturated rings. The summed E-state index contributed by atoms with van der Waals surface area (Å²) in [6.45, 7) is 0.748. The highest BCUT2D eigenvalue weighted by atomic mass is 35.5. The van der Waals surface area contributed by atoms with Crippen molar-refractivity contribution in [3.8, 4) is 22.0 Å². The van der Waals surface area contributed by atoms with Gasteiger partial charge < -0.3 is 10.4 Å². The average molecular weight is 347 g/mol. The van der Waals surface area contributed by atoms with Gasteiger partial charge in [-0.05, 0) is 42.1 Å². The fraction of sp³-hybridized carbons (Fsp3) is 0.188. The molecule has 0 amide bonds. The number of nitrogens with zero attached hydrogens (tertiary/aromatic N) is 3. The molecule has 0 saturated heterocycles. The quantitative estimate of drug-likeness (QED) is 0.666. The monoisotopic (exact) mass is 346 g/mol. The lowest BCUT2D eigenvalue weighted by molar-refractivity contribution is 0.292. The van der Waals surface area contributed by atoms with Gasteiger partial charge in [0.25, 0.3) is 0 Å². The normalized spacial score (nSPS) is 10.7. The summed E-state index contributed by atoms with van der Waals surface area (Å²) >= 11 is 7.50. The van der Waals surface area contributed by atoms with Crippen LogP contribution < -0.4 is 5.32 Å². The molecule has 0 aliphatic carbocycles. The molecule has 1 aromatic carbocycles. The minimum Gasteiger partial charge on any atom is -0.396 e. The minimum atomic E-state index is 0.129. The number of hydrogen-bond acceptors (Lipinski definition) is 6. The first-order valence-electron chi connectivity index (χ1n) is 7.17. The molecule has 0 radical (unpaired) electrons. The second-order valence-corrected chi connectivity index (χ2v) is 6.20. The molecule has 0 aliphatic heterocycles. The Morgan fingerprint density at radius 1 is 1.13 bits per heavy atom. The van der Waals surface area contributed by atoms with Crippen LogP contribution in [0.2, 0.25) is 5.02 Å². The highest BCUT2D eigenvalue weighted by molar-refractivity contribution is 7.13. The molecule has 2 heterocycles. The largest absolute Gasteiger partial charge is 0.396 e. The van der Waals surface area contributed by atoms with E-state index in [4.69, 9.17) is 16.7 Å². The molecule has 0 unspecified atom stereocenters. The number of nitrogens with one attached hydrogen (secondary N) is 1. The third-order valence-electron chi connectivity index (χ3n) is 3.17. The van der Waals surface area contributed by atoms with Crippen molar-refractivity contribution in [3.63, 3.8) is 0 Å². The van der Waals surface area contributed by atoms with Crippen LogP contribution >= 0.6 is 22.9 Å². The van der Waals surface area contributed by atoms with Crippen LogP contribution in [-0.2, 0) is 0 Å². The van der Waals surface area contributed by atoms with Gasteiger partial charge in [-0.3, -0.25) is 0 Å². The van der Waals surface area contributed by atoms with E-state index in [9.17, 15) is 0 Å². The molecule has 0 saturated carbocycles. The maximum atomic E-state index is 8.96. The van der Waals surface area contributed by atoms with Crippen LogP contribution in [-0.4, -0.2) is 33.4 Å². The van der Waals surface area contributed by atoms with Crippen LogP contribution in [0.4, 0.5) is 5.82 Å². The topological polar surface area (TPSA) is 70.9 Å². The van der Waals surface area contributed by atoms with Crippen LogP contribution in [0.1, 0.15) is 6.42 Å². The van der Waals surface area contributed by atoms with Crippen LogP contribution in [0.5, 0.6) is 0 Å². The molecule has 23 heavy (non-hydrogen) atoms. The first-order valence-corrected chi connectivity index (χ1v) is 8.43. The molecule has 0 atom stereocenters. The van der Waals surface area contributed by atoms with Crippen LogP contribution in [0.15, 0.2) is 41.8 Å². The molecule has 3 rings (SSSR count). The Kier molecular flexibility index (Phi) is 5.17. The van der Waals surface area contributed by atoms with E-state index < -0.39 is 0 Å². The zero-order chi connectivity index (χ0) is 16.1. The third-order valence-corrected chi connectivity index (χ3v) is 4.30. The summed E-state index contributed by atoms with van der Waals surface area (Å²) < 4.78 is 0. The van der Waals surface area contributed by atoms with Crippen molar-refractivity contribution < 1.29 is 5.11 Å². The van der Waals surface area contributed by atoms with E-state index >= 15 is 0 Å². The van der Waals surface area contributed by atoms with Crippen molar-refractivity contribution in [2.75, 3.05) is 18.5 Å². The van der Waals surface area contributed by atoms with E-state index in [1.165, 1.54) is 0 Å². The van der Waals surface area contributed by atoms with Gasteiger partial charge in [-0.15, -0.1) is 21.5 Å². The highest BCUT2D eigenvalue weighted by Gasteiger charge is 2.13. The van der Waals surface area contributed by atoms with Crippen molar-refractivity contribution in [2.24, 2.45) is 0 Å². The molecule has 0 spiro atoms. The zero-order valence-electron chi connectivity index (χ0n) is 12.2. The Balaban J connectivity index is 1.96. The van der Waals surface area contributed by atoms with E-state index in [0.717, 1.165) is 16.1 Å². The van der Waals surface area contributed by atoms with Gasteiger partial charge in [0, 0.05) is 23.7 Å². The number of aliphatic hydroxyl groups is 1. The van der Waals surface area contributed by atoms with Crippen molar-refractivity contribution in [3.05, 3.63) is 46.8 Å². The number of aromatic nitrogens is 3. The Labute approximate surface area is 143 Å². The molecule has 0 aliphatic rings. The molecule has 7 heteroatoms. The molecular weight excluding hydrogens is 332 g/mol. The number of halogens is 1. The standard InChI is InChI=1S/C16H15ClN4OS/c17-12-6-4-11(5-7-12)15-19-16(18-8-2-9-22)14(20-21-15)13-3-1-10-23-13/h1,3-7,10,22H,2,8-9H2,(H,18,19,21). The lowest BCUT2D eigenvalue weighted by atomic mass is 10.2. The Morgan fingerprint density at radius 2 is 1.96 bits per heavy atom. The zero-order valence-corrected chi connectivity index (χ0v) is 13.8. The van der Waals surface area contributed by atoms with E-state index in [1.807, 2.05) is 29.6 Å². The highest BCUT2D eigenvalue weighted by Crippen LogP contribution is 2.29. The lowest BCUT2D eigenvalue weighted by Gasteiger charge is -2.10. The summed E-state index contributed by atoms with van der Waals surface area (Å²) in [6, 6.07) is 11.3. The van der Waals surface area contributed by atoms with E-state index in [1.54, 1.807) is 23.5 Å². The Morgan fingerprint density at radius 3 is 2.65 bits per heavy atom. The smallest absolute Gasteiger partial charge is 0.183 e. The number of rotatable bonds is 6. The first kappa shape index (κ1) is 15.9. The summed E-state index contributed by atoms with van der Waals surface area (Å²) in [6.07, 6.45) is 0.643. The van der Waals surface area contributed by atoms with Gasteiger partial charge in [0.05, 0.1) is 4.88 Å². The summed E-state index contributed by atoms with van der Waals surface area (Å²) in [7, 11) is 0. The maximum absolute atomic E-state index is 8.96. The second-order valence-electron chi connectivity index (χ2n) is 4.82. The Hall–Kier alpha value is -2.02. The fourth-order valence-electron chi connectivity index (χ4n) is 2.04. The van der Waals surface area contributed by atoms with Gasteiger partial charge >= 0.3 is 0 Å². The number of anilines is 1. The second kappa shape index (κ2) is 7.50. The SMILES string of the molecule is OCCCNc1nc(-c2ccc(Cl)cc2)nnc1-c1cccs1. The number of benzene rings is 1. The van der Waals surface area contributed by atoms with Gasteiger partial charge in [0.2, 0.25) is 0 Å². The summed E-state index contributed by atoms with van der Waals surface area (Å²) in [5, 5.41) is 23.4. The maximum Gasteiger partial charge on any atom is 0.183 e. The Bertz CT molecular complexity index is 762. The molecule has 2 N–H and O–H groups in total. The minimum absolute atomic E-state index is 0.129. The lowest BCUT2D eigenvalue weighted by Crippen LogP contribution is -2.09. The number of hydrogen-bond donors (Lipinski definition) is 2. The van der Waals surface area contributed by atoms with Gasteiger partial charge in [-0.2, -0.15) is 0 Å². The van der Waals surface area contributed by atoms with Gasteiger partial charge in [0.1, 0.15) is 5.69 Å². The van der Waals surface area contributed by atoms with Crippen molar-refractivity contribution in [2.45, 2.75) is 6.42 Å². The van der Waals surface area contributed by atoms with E-state index in [0.29, 0.717) is 29.6 Å². The first-order chi connectivity index (χ1) is 11.3. The molecule has 2 aromatic heterocycles. The van der Waals surface area contributed by atoms with Crippen LogP contribution in [0, 0.1) is 0 Å².